The predicted molar refractivity (Wildman–Crippen MR) is 165 cm³/mol. The second-order valence-corrected chi connectivity index (χ2v) is 13.1. The monoisotopic (exact) mass is 669 g/mol. The number of fused-ring (bicyclic) bond motifs is 3. The summed E-state index contributed by atoms with van der Waals surface area (Å²) < 4.78 is 80.3. The number of ether oxygens (including phenoxy) is 1. The smallest absolute Gasteiger partial charge is 0.319 e. The van der Waals surface area contributed by atoms with E-state index in [2.05, 4.69) is 26.4 Å². The van der Waals surface area contributed by atoms with E-state index in [1.807, 2.05) is 6.07 Å². The van der Waals surface area contributed by atoms with Gasteiger partial charge in [-0.2, -0.15) is 19.6 Å². The zero-order valence-electron chi connectivity index (χ0n) is 25.0. The van der Waals surface area contributed by atoms with Gasteiger partial charge in [-0.05, 0) is 25.5 Å². The number of thiophene rings is 1. The van der Waals surface area contributed by atoms with Crippen molar-refractivity contribution >= 4 is 44.1 Å². The van der Waals surface area contributed by atoms with E-state index in [-0.39, 0.29) is 83.2 Å². The second-order valence-electron chi connectivity index (χ2n) is 12.1. The van der Waals surface area contributed by atoms with E-state index in [0.29, 0.717) is 17.9 Å². The first-order valence-electron chi connectivity index (χ1n) is 15.1. The van der Waals surface area contributed by atoms with Gasteiger partial charge in [-0.25, -0.2) is 17.6 Å². The van der Waals surface area contributed by atoms with Crippen LogP contribution >= 0.6 is 11.3 Å². The van der Waals surface area contributed by atoms with Crippen LogP contribution in [0.4, 0.5) is 27.8 Å². The van der Waals surface area contributed by atoms with Crippen LogP contribution in [0.3, 0.4) is 0 Å². The fraction of sp³-hybridized carbons (Fsp3) is 0.406. The van der Waals surface area contributed by atoms with E-state index in [1.54, 1.807) is 11.0 Å². The minimum absolute atomic E-state index is 0.0186. The standard InChI is InChI=1S/C32H28F5N7O2S/c1-17(33)30(45)44-11-10-42(15-19(44)6-8-38)29-21-13-39-26(20-4-2-5-22-23(20)24(35)28(37)47-22)25(36)27(21)40-31(41-29)46-16-32-7-3-9-43(32)14-18(34)12-32/h2,4-5,13,18-19H,1,3,6-7,9-12,14-16H2/t18-,19+,32+/m1/s1. The number of rotatable bonds is 7. The van der Waals surface area contributed by atoms with Gasteiger partial charge in [0.1, 0.15) is 29.8 Å². The number of nitrogens with zero attached hydrogens (tertiary/aromatic N) is 7. The molecule has 0 radical (unpaired) electrons. The largest absolute Gasteiger partial charge is 0.461 e. The Hall–Kier alpha value is -4.42. The summed E-state index contributed by atoms with van der Waals surface area (Å²) in [5.74, 6) is -3.91. The van der Waals surface area contributed by atoms with Gasteiger partial charge in [0.05, 0.1) is 29.5 Å². The molecule has 0 aliphatic carbocycles. The highest BCUT2D eigenvalue weighted by Gasteiger charge is 2.49. The molecule has 244 valence electrons. The van der Waals surface area contributed by atoms with Crippen molar-refractivity contribution in [2.45, 2.75) is 43.4 Å². The van der Waals surface area contributed by atoms with Crippen molar-refractivity contribution in [3.63, 3.8) is 0 Å². The lowest BCUT2D eigenvalue weighted by Crippen LogP contribution is -2.55. The fourth-order valence-electron chi connectivity index (χ4n) is 7.19. The number of benzene rings is 1. The minimum Gasteiger partial charge on any atom is -0.461 e. The maximum atomic E-state index is 16.6. The topological polar surface area (TPSA) is 98.5 Å². The van der Waals surface area contributed by atoms with Crippen LogP contribution in [-0.4, -0.2) is 87.7 Å². The number of alkyl halides is 1. The van der Waals surface area contributed by atoms with Gasteiger partial charge < -0.3 is 14.5 Å². The quantitative estimate of drug-likeness (QED) is 0.183. The molecular weight excluding hydrogens is 641 g/mol. The van der Waals surface area contributed by atoms with Crippen LogP contribution in [0.5, 0.6) is 6.01 Å². The number of pyridine rings is 1. The maximum absolute atomic E-state index is 16.6. The van der Waals surface area contributed by atoms with Crippen LogP contribution in [-0.2, 0) is 4.79 Å². The summed E-state index contributed by atoms with van der Waals surface area (Å²) in [5, 5.41) is 8.49. The number of anilines is 1. The number of nitriles is 1. The minimum atomic E-state index is -1.15. The van der Waals surface area contributed by atoms with Crippen LogP contribution in [0.25, 0.3) is 32.2 Å². The molecule has 15 heteroatoms. The number of carbonyl (C=O) groups excluding carboxylic acids is 1. The summed E-state index contributed by atoms with van der Waals surface area (Å²) in [6, 6.07) is 5.61. The number of halogens is 5. The lowest BCUT2D eigenvalue weighted by Gasteiger charge is -2.41. The first-order valence-corrected chi connectivity index (χ1v) is 15.9. The Kier molecular flexibility index (Phi) is 7.96. The first-order chi connectivity index (χ1) is 22.6. The average Bonchev–Trinajstić information content (AvgIpc) is 3.68. The highest BCUT2D eigenvalue weighted by atomic mass is 32.1. The molecule has 0 N–H and O–H groups in total. The number of hydrogen-bond donors (Lipinski definition) is 0. The van der Waals surface area contributed by atoms with Gasteiger partial charge in [0.25, 0.3) is 5.91 Å². The van der Waals surface area contributed by atoms with E-state index in [9.17, 15) is 27.6 Å². The molecule has 0 bridgehead atoms. The van der Waals surface area contributed by atoms with Gasteiger partial charge in [-0.1, -0.05) is 18.7 Å². The lowest BCUT2D eigenvalue weighted by molar-refractivity contribution is -0.131. The van der Waals surface area contributed by atoms with Crippen LogP contribution in [0.15, 0.2) is 36.8 Å². The Morgan fingerprint density at radius 3 is 2.79 bits per heavy atom. The molecule has 3 fully saturated rings. The Labute approximate surface area is 269 Å². The molecule has 0 unspecified atom stereocenters. The molecule has 3 aliphatic heterocycles. The summed E-state index contributed by atoms with van der Waals surface area (Å²) in [6.45, 7) is 4.39. The highest BCUT2D eigenvalue weighted by Crippen LogP contribution is 2.42. The van der Waals surface area contributed by atoms with Crippen molar-refractivity contribution in [1.29, 1.82) is 5.26 Å². The average molecular weight is 670 g/mol. The summed E-state index contributed by atoms with van der Waals surface area (Å²) in [7, 11) is 0. The lowest BCUT2D eigenvalue weighted by atomic mass is 9.95. The molecule has 1 amide bonds. The van der Waals surface area contributed by atoms with Crippen molar-refractivity contribution in [2.24, 2.45) is 0 Å². The van der Waals surface area contributed by atoms with Gasteiger partial charge in [-0.15, -0.1) is 11.3 Å². The number of hydrogen-bond acceptors (Lipinski definition) is 9. The molecule has 3 saturated heterocycles. The van der Waals surface area contributed by atoms with Crippen molar-refractivity contribution in [3.8, 4) is 23.3 Å². The van der Waals surface area contributed by atoms with E-state index >= 15 is 4.39 Å². The van der Waals surface area contributed by atoms with Crippen LogP contribution in [0.1, 0.15) is 25.7 Å². The number of amides is 1. The molecular formula is C32H28F5N7O2S. The zero-order chi connectivity index (χ0) is 33.0. The van der Waals surface area contributed by atoms with Crippen molar-refractivity contribution in [1.82, 2.24) is 24.8 Å². The zero-order valence-corrected chi connectivity index (χ0v) is 25.8. The Morgan fingerprint density at radius 2 is 2.00 bits per heavy atom. The summed E-state index contributed by atoms with van der Waals surface area (Å²) >= 11 is 0.600. The van der Waals surface area contributed by atoms with Gasteiger partial charge in [-0.3, -0.25) is 14.7 Å². The van der Waals surface area contributed by atoms with E-state index in [4.69, 9.17) is 4.74 Å². The highest BCUT2D eigenvalue weighted by molar-refractivity contribution is 7.17. The van der Waals surface area contributed by atoms with Gasteiger partial charge in [0.2, 0.25) is 5.13 Å². The molecule has 4 aromatic rings. The molecule has 9 nitrogen and oxygen atoms in total. The molecule has 47 heavy (non-hydrogen) atoms. The van der Waals surface area contributed by atoms with Crippen molar-refractivity contribution in [3.05, 3.63) is 53.6 Å². The third-order valence-corrected chi connectivity index (χ3v) is 10.3. The van der Waals surface area contributed by atoms with Crippen LogP contribution < -0.4 is 9.64 Å². The molecule has 3 atom stereocenters. The van der Waals surface area contributed by atoms with E-state index in [0.717, 1.165) is 19.4 Å². The summed E-state index contributed by atoms with van der Waals surface area (Å²) in [5.41, 5.74) is -0.970. The van der Waals surface area contributed by atoms with E-state index < -0.39 is 46.3 Å². The number of piperazine rings is 1. The molecule has 6 heterocycles. The molecule has 3 aromatic heterocycles. The predicted octanol–water partition coefficient (Wildman–Crippen LogP) is 5.69. The molecule has 1 aromatic carbocycles. The molecule has 0 spiro atoms. The van der Waals surface area contributed by atoms with Crippen molar-refractivity contribution < 1.29 is 31.5 Å². The summed E-state index contributed by atoms with van der Waals surface area (Å²) in [4.78, 5) is 30.8. The SMILES string of the molecule is C=C(F)C(=O)N1CCN(c2nc(OC[C@@]34CCCN3C[C@H](F)C4)nc3c(F)c(-c4cccc5sc(F)c(F)c45)ncc23)C[C@@H]1CC#N. The fourth-order valence-corrected chi connectivity index (χ4v) is 8.03. The molecule has 7 rings (SSSR count). The Morgan fingerprint density at radius 1 is 1.17 bits per heavy atom. The number of carbonyl (C=O) groups is 1. The second kappa shape index (κ2) is 12.0. The third kappa shape index (κ3) is 5.33. The normalized spacial score (nSPS) is 23.0. The Bertz CT molecular complexity index is 1970. The molecule has 0 saturated carbocycles. The number of aromatic nitrogens is 3. The van der Waals surface area contributed by atoms with Gasteiger partial charge in [0.15, 0.2) is 17.5 Å². The van der Waals surface area contributed by atoms with Crippen LogP contribution in [0.2, 0.25) is 0 Å². The summed E-state index contributed by atoms with van der Waals surface area (Å²) in [6.07, 6.45) is 2.09. The van der Waals surface area contributed by atoms with Crippen molar-refractivity contribution in [2.75, 3.05) is 44.2 Å². The van der Waals surface area contributed by atoms with Crippen LogP contribution in [0, 0.1) is 28.1 Å². The first kappa shape index (κ1) is 31.2. The molecule has 3 aliphatic rings. The van der Waals surface area contributed by atoms with Gasteiger partial charge in [0, 0.05) is 54.4 Å². The Balaban J connectivity index is 1.33. The maximum Gasteiger partial charge on any atom is 0.319 e. The van der Waals surface area contributed by atoms with E-state index in [1.165, 1.54) is 23.2 Å². The van der Waals surface area contributed by atoms with Gasteiger partial charge >= 0.3 is 6.01 Å². The third-order valence-electron chi connectivity index (χ3n) is 9.35.